The molecule has 0 radical (unpaired) electrons. The van der Waals surface area contributed by atoms with Crippen LogP contribution >= 0.6 is 27.5 Å². The van der Waals surface area contributed by atoms with Gasteiger partial charge in [-0.15, -0.1) is 0 Å². The molecular weight excluding hydrogens is 392 g/mol. The van der Waals surface area contributed by atoms with Crippen molar-refractivity contribution in [2.75, 3.05) is 0 Å². The van der Waals surface area contributed by atoms with E-state index in [1.54, 1.807) is 12.1 Å². The number of benzene rings is 2. The Hall–Kier alpha value is -1.36. The molecule has 2 atom stereocenters. The molecule has 0 spiro atoms. The molecule has 0 amide bonds. The van der Waals surface area contributed by atoms with Gasteiger partial charge in [-0.05, 0) is 47.7 Å². The van der Waals surface area contributed by atoms with Crippen molar-refractivity contribution in [3.63, 3.8) is 0 Å². The Kier molecular flexibility index (Phi) is 6.84. The van der Waals surface area contributed by atoms with Crippen LogP contribution in [0.3, 0.4) is 0 Å². The van der Waals surface area contributed by atoms with Gasteiger partial charge in [0.1, 0.15) is 6.10 Å². The summed E-state index contributed by atoms with van der Waals surface area (Å²) in [6.07, 6.45) is -0.875. The smallest absolute Gasteiger partial charge is 0.332 e. The molecular formula is C19H20BrClO3. The molecule has 0 aliphatic rings. The van der Waals surface area contributed by atoms with E-state index >= 15 is 0 Å². The van der Waals surface area contributed by atoms with Crippen LogP contribution in [0, 0.1) is 5.92 Å². The quantitative estimate of drug-likeness (QED) is 0.635. The molecule has 2 rings (SSSR count). The number of carbonyl (C=O) groups is 1. The van der Waals surface area contributed by atoms with Crippen molar-refractivity contribution in [3.8, 4) is 0 Å². The second-order valence-electron chi connectivity index (χ2n) is 6.08. The number of hydrogen-bond donors (Lipinski definition) is 1. The van der Waals surface area contributed by atoms with Crippen molar-refractivity contribution in [2.24, 2.45) is 5.92 Å². The molecule has 1 N–H and O–H groups in total. The molecule has 0 aliphatic carbocycles. The second-order valence-corrected chi connectivity index (χ2v) is 7.43. The first-order chi connectivity index (χ1) is 11.4. The molecule has 2 aromatic rings. The van der Waals surface area contributed by atoms with Gasteiger partial charge in [-0.3, -0.25) is 0 Å². The lowest BCUT2D eigenvalue weighted by molar-refractivity contribution is -0.154. The fourth-order valence-electron chi connectivity index (χ4n) is 2.43. The van der Waals surface area contributed by atoms with E-state index in [1.165, 1.54) is 0 Å². The van der Waals surface area contributed by atoms with Crippen molar-refractivity contribution in [1.82, 2.24) is 0 Å². The van der Waals surface area contributed by atoms with Gasteiger partial charge >= 0.3 is 5.97 Å². The first-order valence-corrected chi connectivity index (χ1v) is 8.93. The average Bonchev–Trinajstić information content (AvgIpc) is 2.53. The summed E-state index contributed by atoms with van der Waals surface area (Å²) in [6, 6.07) is 15.0. The lowest BCUT2D eigenvalue weighted by Gasteiger charge is -2.24. The summed E-state index contributed by atoms with van der Waals surface area (Å²) in [7, 11) is 0. The van der Waals surface area contributed by atoms with Gasteiger partial charge in [-0.2, -0.15) is 0 Å². The summed E-state index contributed by atoms with van der Waals surface area (Å²) in [5, 5.41) is 10.1. The molecule has 24 heavy (non-hydrogen) atoms. The number of halogens is 2. The topological polar surface area (TPSA) is 46.5 Å². The van der Waals surface area contributed by atoms with Gasteiger partial charge in [-0.25, -0.2) is 4.79 Å². The molecule has 0 bridgehead atoms. The Bertz CT molecular complexity index is 623. The van der Waals surface area contributed by atoms with Crippen LogP contribution in [-0.2, 0) is 9.53 Å². The maximum absolute atomic E-state index is 11.6. The third-order valence-electron chi connectivity index (χ3n) is 3.61. The second kappa shape index (κ2) is 8.65. The summed E-state index contributed by atoms with van der Waals surface area (Å²) in [5.74, 6) is -0.721. The van der Waals surface area contributed by atoms with Crippen LogP contribution in [0.4, 0.5) is 0 Å². The number of carboxylic acid groups (broad SMARTS) is 1. The van der Waals surface area contributed by atoms with Crippen LogP contribution in [0.5, 0.6) is 0 Å². The van der Waals surface area contributed by atoms with Gasteiger partial charge in [-0.1, -0.05) is 65.6 Å². The van der Waals surface area contributed by atoms with Crippen LogP contribution < -0.4 is 0 Å². The predicted molar refractivity (Wildman–Crippen MR) is 99.4 cm³/mol. The van der Waals surface area contributed by atoms with Gasteiger partial charge in [0.05, 0.1) is 0 Å². The fourth-order valence-corrected chi connectivity index (χ4v) is 2.82. The van der Waals surface area contributed by atoms with E-state index in [0.29, 0.717) is 11.4 Å². The van der Waals surface area contributed by atoms with Crippen molar-refractivity contribution in [2.45, 2.75) is 32.5 Å². The zero-order chi connectivity index (χ0) is 17.7. The van der Waals surface area contributed by atoms with Crippen LogP contribution in [0.25, 0.3) is 0 Å². The minimum atomic E-state index is -0.945. The number of hydrogen-bond acceptors (Lipinski definition) is 2. The van der Waals surface area contributed by atoms with E-state index in [1.807, 2.05) is 50.2 Å². The van der Waals surface area contributed by atoms with E-state index in [-0.39, 0.29) is 5.92 Å². The maximum atomic E-state index is 11.6. The monoisotopic (exact) mass is 410 g/mol. The highest BCUT2D eigenvalue weighted by Crippen LogP contribution is 2.30. The van der Waals surface area contributed by atoms with E-state index in [9.17, 15) is 9.90 Å². The van der Waals surface area contributed by atoms with Crippen molar-refractivity contribution in [3.05, 3.63) is 69.2 Å². The Morgan fingerprint density at radius 3 is 2.04 bits per heavy atom. The Morgan fingerprint density at radius 2 is 1.58 bits per heavy atom. The van der Waals surface area contributed by atoms with E-state index in [4.69, 9.17) is 16.3 Å². The first kappa shape index (κ1) is 19.0. The maximum Gasteiger partial charge on any atom is 0.332 e. The van der Waals surface area contributed by atoms with Gasteiger partial charge in [0, 0.05) is 9.50 Å². The standard InChI is InChI=1S/C19H20BrClO3/c1-12(2)11-17(19(22)23)24-18(13-3-7-15(20)8-4-13)14-5-9-16(21)10-6-14/h3-10,12,17-18H,11H2,1-2H3,(H,22,23)/t17?,18-/m0/s1. The molecule has 128 valence electrons. The summed E-state index contributed by atoms with van der Waals surface area (Å²) in [4.78, 5) is 11.6. The number of carboxylic acids is 1. The number of rotatable bonds is 7. The molecule has 0 saturated heterocycles. The zero-order valence-electron chi connectivity index (χ0n) is 13.6. The summed E-state index contributed by atoms with van der Waals surface area (Å²) in [6.45, 7) is 3.96. The van der Waals surface area contributed by atoms with Gasteiger partial charge in [0.2, 0.25) is 0 Å². The Balaban J connectivity index is 2.36. The largest absolute Gasteiger partial charge is 0.479 e. The van der Waals surface area contributed by atoms with Crippen LogP contribution in [-0.4, -0.2) is 17.2 Å². The minimum Gasteiger partial charge on any atom is -0.479 e. The number of aliphatic carboxylic acids is 1. The highest BCUT2D eigenvalue weighted by atomic mass is 79.9. The third kappa shape index (κ3) is 5.33. The third-order valence-corrected chi connectivity index (χ3v) is 4.39. The van der Waals surface area contributed by atoms with E-state index < -0.39 is 18.2 Å². The van der Waals surface area contributed by atoms with E-state index in [0.717, 1.165) is 15.6 Å². The van der Waals surface area contributed by atoms with Gasteiger partial charge < -0.3 is 9.84 Å². The summed E-state index contributed by atoms with van der Waals surface area (Å²) < 4.78 is 6.97. The van der Waals surface area contributed by atoms with Crippen molar-refractivity contribution < 1.29 is 14.6 Å². The van der Waals surface area contributed by atoms with Crippen LogP contribution in [0.15, 0.2) is 53.0 Å². The molecule has 0 aromatic heterocycles. The van der Waals surface area contributed by atoms with Crippen molar-refractivity contribution >= 4 is 33.5 Å². The lowest BCUT2D eigenvalue weighted by atomic mass is 10.00. The fraction of sp³-hybridized carbons (Fsp3) is 0.316. The van der Waals surface area contributed by atoms with Gasteiger partial charge in [0.25, 0.3) is 0 Å². The zero-order valence-corrected chi connectivity index (χ0v) is 15.9. The highest BCUT2D eigenvalue weighted by Gasteiger charge is 2.26. The molecule has 0 saturated carbocycles. The molecule has 1 unspecified atom stereocenters. The van der Waals surface area contributed by atoms with Gasteiger partial charge in [0.15, 0.2) is 6.10 Å². The molecule has 5 heteroatoms. The highest BCUT2D eigenvalue weighted by molar-refractivity contribution is 9.10. The molecule has 2 aromatic carbocycles. The van der Waals surface area contributed by atoms with Crippen molar-refractivity contribution in [1.29, 1.82) is 0 Å². The molecule has 0 aliphatic heterocycles. The Labute approximate surface area is 155 Å². The van der Waals surface area contributed by atoms with E-state index in [2.05, 4.69) is 15.9 Å². The summed E-state index contributed by atoms with van der Waals surface area (Å²) in [5.41, 5.74) is 1.77. The first-order valence-electron chi connectivity index (χ1n) is 7.76. The van der Waals surface area contributed by atoms with Crippen LogP contribution in [0.2, 0.25) is 5.02 Å². The SMILES string of the molecule is CC(C)CC(O[C@H](c1ccc(Cl)cc1)c1ccc(Br)cc1)C(=O)O. The predicted octanol–water partition coefficient (Wildman–Crippen LogP) is 5.71. The number of ether oxygens (including phenoxy) is 1. The molecule has 0 fully saturated rings. The minimum absolute atomic E-state index is 0.224. The normalized spacial score (nSPS) is 13.7. The summed E-state index contributed by atoms with van der Waals surface area (Å²) >= 11 is 9.38. The van der Waals surface area contributed by atoms with Crippen LogP contribution in [0.1, 0.15) is 37.5 Å². The lowest BCUT2D eigenvalue weighted by Crippen LogP contribution is -2.28. The molecule has 3 nitrogen and oxygen atoms in total. The Morgan fingerprint density at radius 1 is 1.08 bits per heavy atom. The molecule has 0 heterocycles. The average molecular weight is 412 g/mol.